The van der Waals surface area contributed by atoms with Crippen molar-refractivity contribution in [3.63, 3.8) is 0 Å². The second kappa shape index (κ2) is 6.90. The number of urea groups is 1. The van der Waals surface area contributed by atoms with E-state index in [0.717, 1.165) is 5.69 Å². The van der Waals surface area contributed by atoms with Gasteiger partial charge in [0.25, 0.3) is 0 Å². The predicted molar refractivity (Wildman–Crippen MR) is 76.1 cm³/mol. The van der Waals surface area contributed by atoms with Gasteiger partial charge in [0.05, 0.1) is 11.6 Å². The zero-order chi connectivity index (χ0) is 14.2. The van der Waals surface area contributed by atoms with Gasteiger partial charge in [-0.3, -0.25) is 4.98 Å². The molecule has 0 spiro atoms. The highest BCUT2D eigenvalue weighted by Gasteiger charge is 2.02. The van der Waals surface area contributed by atoms with Crippen LogP contribution in [0.5, 0.6) is 0 Å². The minimum atomic E-state index is -0.295. The number of carbonyl (C=O) groups excluding carboxylic acids is 1. The molecule has 0 radical (unpaired) electrons. The van der Waals surface area contributed by atoms with Crippen molar-refractivity contribution in [3.8, 4) is 6.07 Å². The van der Waals surface area contributed by atoms with Crippen LogP contribution in [0.15, 0.2) is 48.7 Å². The fraction of sp³-hybridized carbons (Fsp3) is 0.133. The van der Waals surface area contributed by atoms with Crippen LogP contribution >= 0.6 is 0 Å². The van der Waals surface area contributed by atoms with E-state index >= 15 is 0 Å². The van der Waals surface area contributed by atoms with Gasteiger partial charge in [-0.2, -0.15) is 5.26 Å². The molecule has 2 aromatic rings. The number of nitrogens with one attached hydrogen (secondary N) is 2. The predicted octanol–water partition coefficient (Wildman–Crippen LogP) is 2.32. The SMILES string of the molecule is N#Cc1cccc(NC(=O)NCCc2ccccn2)c1. The van der Waals surface area contributed by atoms with Crippen molar-refractivity contribution in [2.75, 3.05) is 11.9 Å². The number of hydrogen-bond acceptors (Lipinski definition) is 3. The van der Waals surface area contributed by atoms with Crippen LogP contribution in [0.4, 0.5) is 10.5 Å². The number of pyridine rings is 1. The summed E-state index contributed by atoms with van der Waals surface area (Å²) in [6.45, 7) is 0.501. The Morgan fingerprint density at radius 3 is 2.90 bits per heavy atom. The van der Waals surface area contributed by atoms with Crippen LogP contribution in [0, 0.1) is 11.3 Å². The maximum atomic E-state index is 11.7. The Morgan fingerprint density at radius 1 is 1.25 bits per heavy atom. The molecule has 100 valence electrons. The summed E-state index contributed by atoms with van der Waals surface area (Å²) in [5.41, 5.74) is 2.04. The highest BCUT2D eigenvalue weighted by atomic mass is 16.2. The van der Waals surface area contributed by atoms with Gasteiger partial charge >= 0.3 is 6.03 Å². The lowest BCUT2D eigenvalue weighted by atomic mass is 10.2. The number of nitrogens with zero attached hydrogens (tertiary/aromatic N) is 2. The highest BCUT2D eigenvalue weighted by Crippen LogP contribution is 2.09. The lowest BCUT2D eigenvalue weighted by molar-refractivity contribution is 0.252. The first-order valence-electron chi connectivity index (χ1n) is 6.23. The Labute approximate surface area is 117 Å². The highest BCUT2D eigenvalue weighted by molar-refractivity contribution is 5.89. The van der Waals surface area contributed by atoms with Gasteiger partial charge in [-0.15, -0.1) is 0 Å². The van der Waals surface area contributed by atoms with Crippen LogP contribution in [-0.2, 0) is 6.42 Å². The van der Waals surface area contributed by atoms with Crippen LogP contribution in [0.2, 0.25) is 0 Å². The summed E-state index contributed by atoms with van der Waals surface area (Å²) in [5, 5.41) is 14.2. The van der Waals surface area contributed by atoms with E-state index in [2.05, 4.69) is 15.6 Å². The van der Waals surface area contributed by atoms with E-state index in [1.54, 1.807) is 30.5 Å². The van der Waals surface area contributed by atoms with Crippen molar-refractivity contribution in [1.29, 1.82) is 5.26 Å². The molecule has 2 amide bonds. The Morgan fingerprint density at radius 2 is 2.15 bits per heavy atom. The smallest absolute Gasteiger partial charge is 0.319 e. The van der Waals surface area contributed by atoms with Crippen molar-refractivity contribution in [3.05, 3.63) is 59.9 Å². The number of benzene rings is 1. The summed E-state index contributed by atoms with van der Waals surface area (Å²) in [5.74, 6) is 0. The molecule has 1 heterocycles. The van der Waals surface area contributed by atoms with Crippen molar-refractivity contribution < 1.29 is 4.79 Å². The molecule has 0 atom stereocenters. The molecule has 0 unspecified atom stereocenters. The Hall–Kier alpha value is -2.87. The first-order chi connectivity index (χ1) is 9.78. The summed E-state index contributed by atoms with van der Waals surface area (Å²) in [6, 6.07) is 14.2. The molecule has 1 aromatic carbocycles. The van der Waals surface area contributed by atoms with Gasteiger partial charge in [0.15, 0.2) is 0 Å². The monoisotopic (exact) mass is 266 g/mol. The first kappa shape index (κ1) is 13.6. The van der Waals surface area contributed by atoms with Crippen LogP contribution in [-0.4, -0.2) is 17.6 Å². The van der Waals surface area contributed by atoms with Crippen LogP contribution in [0.3, 0.4) is 0 Å². The molecule has 1 aromatic heterocycles. The van der Waals surface area contributed by atoms with Gasteiger partial charge in [0.2, 0.25) is 0 Å². The van der Waals surface area contributed by atoms with E-state index in [1.807, 2.05) is 24.3 Å². The molecule has 0 aliphatic heterocycles. The molecule has 0 bridgehead atoms. The minimum absolute atomic E-state index is 0.295. The van der Waals surface area contributed by atoms with Crippen LogP contribution < -0.4 is 10.6 Å². The summed E-state index contributed by atoms with van der Waals surface area (Å²) in [7, 11) is 0. The number of amides is 2. The summed E-state index contributed by atoms with van der Waals surface area (Å²) in [6.07, 6.45) is 2.40. The summed E-state index contributed by atoms with van der Waals surface area (Å²) < 4.78 is 0. The lowest BCUT2D eigenvalue weighted by Gasteiger charge is -2.07. The standard InChI is InChI=1S/C15H14N4O/c16-11-12-4-3-6-14(10-12)19-15(20)18-9-7-13-5-1-2-8-17-13/h1-6,8,10H,7,9H2,(H2,18,19,20). The van der Waals surface area contributed by atoms with E-state index in [4.69, 9.17) is 5.26 Å². The van der Waals surface area contributed by atoms with Gasteiger partial charge in [0.1, 0.15) is 0 Å². The fourth-order valence-electron chi connectivity index (χ4n) is 1.69. The number of rotatable bonds is 4. The second-order valence-corrected chi connectivity index (χ2v) is 4.14. The number of anilines is 1. The zero-order valence-corrected chi connectivity index (χ0v) is 10.8. The summed E-state index contributed by atoms with van der Waals surface area (Å²) >= 11 is 0. The van der Waals surface area contributed by atoms with Crippen LogP contribution in [0.25, 0.3) is 0 Å². The normalized spacial score (nSPS) is 9.55. The molecule has 5 heteroatoms. The molecule has 0 fully saturated rings. The number of hydrogen-bond donors (Lipinski definition) is 2. The van der Waals surface area contributed by atoms with E-state index in [0.29, 0.717) is 24.2 Å². The van der Waals surface area contributed by atoms with Crippen LogP contribution in [0.1, 0.15) is 11.3 Å². The van der Waals surface area contributed by atoms with Crippen molar-refractivity contribution >= 4 is 11.7 Å². The van der Waals surface area contributed by atoms with E-state index in [1.165, 1.54) is 0 Å². The number of aromatic nitrogens is 1. The van der Waals surface area contributed by atoms with E-state index < -0.39 is 0 Å². The lowest BCUT2D eigenvalue weighted by Crippen LogP contribution is -2.30. The number of carbonyl (C=O) groups is 1. The molecule has 0 aliphatic carbocycles. The van der Waals surface area contributed by atoms with Gasteiger partial charge in [-0.05, 0) is 30.3 Å². The molecule has 20 heavy (non-hydrogen) atoms. The van der Waals surface area contributed by atoms with Gasteiger partial charge in [0, 0.05) is 30.5 Å². The molecule has 0 saturated heterocycles. The van der Waals surface area contributed by atoms with Crippen molar-refractivity contribution in [1.82, 2.24) is 10.3 Å². The average Bonchev–Trinajstić information content (AvgIpc) is 2.48. The molecular weight excluding hydrogens is 252 g/mol. The summed E-state index contributed by atoms with van der Waals surface area (Å²) in [4.78, 5) is 15.9. The maximum Gasteiger partial charge on any atom is 0.319 e. The zero-order valence-electron chi connectivity index (χ0n) is 10.8. The first-order valence-corrected chi connectivity index (χ1v) is 6.23. The topological polar surface area (TPSA) is 77.8 Å². The average molecular weight is 266 g/mol. The Bertz CT molecular complexity index is 619. The van der Waals surface area contributed by atoms with Gasteiger partial charge < -0.3 is 10.6 Å². The fourth-order valence-corrected chi connectivity index (χ4v) is 1.69. The maximum absolute atomic E-state index is 11.7. The Kier molecular flexibility index (Phi) is 4.68. The van der Waals surface area contributed by atoms with Crippen molar-refractivity contribution in [2.45, 2.75) is 6.42 Å². The minimum Gasteiger partial charge on any atom is -0.337 e. The van der Waals surface area contributed by atoms with Crippen molar-refractivity contribution in [2.24, 2.45) is 0 Å². The second-order valence-electron chi connectivity index (χ2n) is 4.14. The van der Waals surface area contributed by atoms with E-state index in [9.17, 15) is 4.79 Å². The van der Waals surface area contributed by atoms with Gasteiger partial charge in [-0.1, -0.05) is 12.1 Å². The molecule has 0 aliphatic rings. The number of nitriles is 1. The molecule has 0 saturated carbocycles. The molecule has 5 nitrogen and oxygen atoms in total. The third-order valence-corrected chi connectivity index (χ3v) is 2.64. The third kappa shape index (κ3) is 4.10. The Balaban J connectivity index is 1.79. The van der Waals surface area contributed by atoms with E-state index in [-0.39, 0.29) is 6.03 Å². The molecule has 2 rings (SSSR count). The third-order valence-electron chi connectivity index (χ3n) is 2.64. The molecular formula is C15H14N4O. The van der Waals surface area contributed by atoms with Gasteiger partial charge in [-0.25, -0.2) is 4.79 Å². The largest absolute Gasteiger partial charge is 0.337 e. The molecule has 2 N–H and O–H groups in total. The quantitative estimate of drug-likeness (QED) is 0.891.